The highest BCUT2D eigenvalue weighted by Gasteiger charge is 2.18. The van der Waals surface area contributed by atoms with Crippen LogP contribution in [0.2, 0.25) is 0 Å². The molecule has 0 saturated carbocycles. The highest BCUT2D eigenvalue weighted by molar-refractivity contribution is 5.95. The van der Waals surface area contributed by atoms with Gasteiger partial charge in [-0.05, 0) is 55.2 Å². The largest absolute Gasteiger partial charge is 0.295 e. The highest BCUT2D eigenvalue weighted by Crippen LogP contribution is 2.29. The fraction of sp³-hybridized carbons (Fsp3) is 0.143. The Kier molecular flexibility index (Phi) is 4.05. The molecule has 0 N–H and O–H groups in total. The van der Waals surface area contributed by atoms with Crippen molar-refractivity contribution < 1.29 is 4.79 Å². The molecule has 128 valence electrons. The molecule has 1 aliphatic carbocycles. The smallest absolute Gasteiger partial charge is 0.276 e. The molecule has 0 amide bonds. The summed E-state index contributed by atoms with van der Waals surface area (Å²) in [6.07, 6.45) is 6.73. The van der Waals surface area contributed by atoms with Crippen LogP contribution in [0.25, 0.3) is 17.5 Å². The molecule has 0 radical (unpaired) electrons. The van der Waals surface area contributed by atoms with Gasteiger partial charge in [0.15, 0.2) is 11.6 Å². The standard InChI is InChI=1S/C21H17N3O2/c1-14(25)15-5-4-6-16(11-15)17-8-9-19-18(12-17)13-23-24(21(19)26)20-7-2-3-10-22-20/h2-7,10-13H,8-9H2,1H3. The Morgan fingerprint density at radius 1 is 1.12 bits per heavy atom. The summed E-state index contributed by atoms with van der Waals surface area (Å²) in [5.41, 5.74) is 4.26. The van der Waals surface area contributed by atoms with Crippen molar-refractivity contribution in [2.24, 2.45) is 0 Å². The van der Waals surface area contributed by atoms with Crippen LogP contribution in [0.1, 0.15) is 40.4 Å². The van der Waals surface area contributed by atoms with Crippen molar-refractivity contribution in [1.82, 2.24) is 14.8 Å². The lowest BCUT2D eigenvalue weighted by molar-refractivity contribution is 0.101. The summed E-state index contributed by atoms with van der Waals surface area (Å²) in [7, 11) is 0. The van der Waals surface area contributed by atoms with Crippen molar-refractivity contribution in [1.29, 1.82) is 0 Å². The zero-order valence-corrected chi connectivity index (χ0v) is 14.3. The molecule has 0 saturated heterocycles. The molecule has 1 aromatic carbocycles. The second-order valence-electron chi connectivity index (χ2n) is 6.29. The third kappa shape index (κ3) is 2.88. The molecule has 1 aliphatic rings. The first-order chi connectivity index (χ1) is 12.6. The maximum absolute atomic E-state index is 12.8. The van der Waals surface area contributed by atoms with Gasteiger partial charge in [0.2, 0.25) is 0 Å². The van der Waals surface area contributed by atoms with Crippen LogP contribution in [0.3, 0.4) is 0 Å². The monoisotopic (exact) mass is 343 g/mol. The van der Waals surface area contributed by atoms with E-state index >= 15 is 0 Å². The zero-order valence-electron chi connectivity index (χ0n) is 14.3. The first kappa shape index (κ1) is 16.1. The molecule has 3 aromatic rings. The first-order valence-corrected chi connectivity index (χ1v) is 8.48. The molecular formula is C21H17N3O2. The number of carbonyl (C=O) groups excluding carboxylic acids is 1. The Morgan fingerprint density at radius 3 is 2.77 bits per heavy atom. The van der Waals surface area contributed by atoms with E-state index < -0.39 is 0 Å². The minimum Gasteiger partial charge on any atom is -0.295 e. The molecule has 0 unspecified atom stereocenters. The van der Waals surface area contributed by atoms with Gasteiger partial charge in [0.1, 0.15) is 0 Å². The maximum atomic E-state index is 12.8. The Balaban J connectivity index is 1.76. The molecule has 0 aliphatic heterocycles. The molecule has 5 heteroatoms. The number of allylic oxidation sites excluding steroid dienone is 1. The average Bonchev–Trinajstić information content (AvgIpc) is 2.69. The van der Waals surface area contributed by atoms with E-state index in [4.69, 9.17) is 0 Å². The minimum atomic E-state index is -0.131. The summed E-state index contributed by atoms with van der Waals surface area (Å²) < 4.78 is 1.34. The van der Waals surface area contributed by atoms with Crippen LogP contribution >= 0.6 is 0 Å². The first-order valence-electron chi connectivity index (χ1n) is 8.48. The zero-order chi connectivity index (χ0) is 18.1. The highest BCUT2D eigenvalue weighted by atomic mass is 16.1. The van der Waals surface area contributed by atoms with E-state index in [-0.39, 0.29) is 11.3 Å². The fourth-order valence-corrected chi connectivity index (χ4v) is 3.20. The van der Waals surface area contributed by atoms with E-state index in [9.17, 15) is 9.59 Å². The van der Waals surface area contributed by atoms with Crippen LogP contribution in [0.5, 0.6) is 0 Å². The fourth-order valence-electron chi connectivity index (χ4n) is 3.20. The third-order valence-electron chi connectivity index (χ3n) is 4.59. The summed E-state index contributed by atoms with van der Waals surface area (Å²) in [6, 6.07) is 13.0. The topological polar surface area (TPSA) is 64.8 Å². The molecular weight excluding hydrogens is 326 g/mol. The Morgan fingerprint density at radius 2 is 2.00 bits per heavy atom. The van der Waals surface area contributed by atoms with Gasteiger partial charge in [-0.25, -0.2) is 4.98 Å². The van der Waals surface area contributed by atoms with Gasteiger partial charge in [0, 0.05) is 22.9 Å². The second kappa shape index (κ2) is 6.52. The lowest BCUT2D eigenvalue weighted by Crippen LogP contribution is -2.27. The number of fused-ring (bicyclic) bond motifs is 1. The summed E-state index contributed by atoms with van der Waals surface area (Å²) in [5, 5.41) is 4.28. The Hall–Kier alpha value is -3.34. The molecule has 0 atom stereocenters. The maximum Gasteiger partial charge on any atom is 0.276 e. The van der Waals surface area contributed by atoms with Crippen LogP contribution in [-0.4, -0.2) is 20.5 Å². The summed E-state index contributed by atoms with van der Waals surface area (Å²) in [5.74, 6) is 0.563. The number of carbonyl (C=O) groups is 1. The number of hydrogen-bond donors (Lipinski definition) is 0. The van der Waals surface area contributed by atoms with Gasteiger partial charge in [-0.1, -0.05) is 24.3 Å². The molecule has 5 nitrogen and oxygen atoms in total. The van der Waals surface area contributed by atoms with Gasteiger partial charge in [0.25, 0.3) is 5.56 Å². The van der Waals surface area contributed by atoms with Gasteiger partial charge < -0.3 is 0 Å². The van der Waals surface area contributed by atoms with Crippen LogP contribution in [-0.2, 0) is 6.42 Å². The van der Waals surface area contributed by atoms with Crippen molar-refractivity contribution in [2.45, 2.75) is 19.8 Å². The van der Waals surface area contributed by atoms with Gasteiger partial charge in [0.05, 0.1) is 6.20 Å². The molecule has 0 spiro atoms. The SMILES string of the molecule is CC(=O)c1cccc(C2=Cc3cnn(-c4ccccn4)c(=O)c3CC2)c1. The Bertz CT molecular complexity index is 1080. The second-order valence-corrected chi connectivity index (χ2v) is 6.29. The van der Waals surface area contributed by atoms with Crippen molar-refractivity contribution in [2.75, 3.05) is 0 Å². The molecule has 4 rings (SSSR count). The average molecular weight is 343 g/mol. The minimum absolute atomic E-state index is 0.0450. The van der Waals surface area contributed by atoms with Gasteiger partial charge in [-0.2, -0.15) is 9.78 Å². The van der Waals surface area contributed by atoms with Crippen molar-refractivity contribution in [3.8, 4) is 5.82 Å². The number of aromatic nitrogens is 3. The van der Waals surface area contributed by atoms with E-state index in [2.05, 4.69) is 10.1 Å². The predicted molar refractivity (Wildman–Crippen MR) is 100 cm³/mol. The molecule has 0 fully saturated rings. The summed E-state index contributed by atoms with van der Waals surface area (Å²) >= 11 is 0. The van der Waals surface area contributed by atoms with Crippen molar-refractivity contribution >= 4 is 17.4 Å². The number of Topliss-reactive ketones (excluding diaryl/α,β-unsaturated/α-hetero) is 1. The predicted octanol–water partition coefficient (Wildman–Crippen LogP) is 3.32. The Labute approximate surface area is 150 Å². The number of pyridine rings is 1. The van der Waals surface area contributed by atoms with Crippen LogP contribution in [0.4, 0.5) is 0 Å². The quantitative estimate of drug-likeness (QED) is 0.684. The normalized spacial score (nSPS) is 13.0. The van der Waals surface area contributed by atoms with E-state index in [0.29, 0.717) is 17.8 Å². The number of hydrogen-bond acceptors (Lipinski definition) is 4. The lowest BCUT2D eigenvalue weighted by Gasteiger charge is -2.17. The van der Waals surface area contributed by atoms with E-state index in [1.165, 1.54) is 4.68 Å². The molecule has 2 aromatic heterocycles. The number of ketones is 1. The van der Waals surface area contributed by atoms with E-state index in [1.54, 1.807) is 31.5 Å². The van der Waals surface area contributed by atoms with E-state index in [1.807, 2.05) is 36.4 Å². The van der Waals surface area contributed by atoms with Crippen LogP contribution in [0.15, 0.2) is 59.7 Å². The third-order valence-corrected chi connectivity index (χ3v) is 4.59. The number of nitrogens with zero attached hydrogens (tertiary/aromatic N) is 3. The van der Waals surface area contributed by atoms with Gasteiger partial charge in [-0.3, -0.25) is 9.59 Å². The van der Waals surface area contributed by atoms with Crippen molar-refractivity contribution in [3.05, 3.63) is 87.5 Å². The summed E-state index contributed by atoms with van der Waals surface area (Å²) in [4.78, 5) is 28.6. The summed E-state index contributed by atoms with van der Waals surface area (Å²) in [6.45, 7) is 1.56. The molecule has 2 heterocycles. The number of benzene rings is 1. The van der Waals surface area contributed by atoms with Gasteiger partial charge in [-0.15, -0.1) is 0 Å². The molecule has 0 bridgehead atoms. The van der Waals surface area contributed by atoms with Gasteiger partial charge >= 0.3 is 0 Å². The number of rotatable bonds is 3. The van der Waals surface area contributed by atoms with Crippen LogP contribution in [0, 0.1) is 0 Å². The molecule has 26 heavy (non-hydrogen) atoms. The van der Waals surface area contributed by atoms with Crippen LogP contribution < -0.4 is 5.56 Å². The van der Waals surface area contributed by atoms with E-state index in [0.717, 1.165) is 28.7 Å². The van der Waals surface area contributed by atoms with Crippen molar-refractivity contribution in [3.63, 3.8) is 0 Å². The lowest BCUT2D eigenvalue weighted by atomic mass is 9.89.